The second kappa shape index (κ2) is 5.89. The van der Waals surface area contributed by atoms with Crippen molar-refractivity contribution >= 4 is 16.9 Å². The Morgan fingerprint density at radius 2 is 2.09 bits per heavy atom. The fourth-order valence-electron chi connectivity index (χ4n) is 1.96. The van der Waals surface area contributed by atoms with Crippen LogP contribution in [0, 0.1) is 11.3 Å². The van der Waals surface area contributed by atoms with Gasteiger partial charge in [0.1, 0.15) is 17.4 Å². The van der Waals surface area contributed by atoms with Gasteiger partial charge in [0, 0.05) is 18.6 Å². The van der Waals surface area contributed by atoms with E-state index in [4.69, 9.17) is 0 Å². The molecule has 0 saturated heterocycles. The summed E-state index contributed by atoms with van der Waals surface area (Å²) in [7, 11) is 0. The van der Waals surface area contributed by atoms with Crippen LogP contribution >= 0.6 is 0 Å². The Morgan fingerprint density at radius 1 is 1.23 bits per heavy atom. The van der Waals surface area contributed by atoms with Gasteiger partial charge in [-0.2, -0.15) is 5.26 Å². The Bertz CT molecular complexity index is 938. The van der Waals surface area contributed by atoms with Crippen molar-refractivity contribution in [1.29, 1.82) is 5.26 Å². The van der Waals surface area contributed by atoms with Gasteiger partial charge in [-0.15, -0.1) is 0 Å². The van der Waals surface area contributed by atoms with Gasteiger partial charge >= 0.3 is 0 Å². The minimum atomic E-state index is -0.236. The Labute approximate surface area is 126 Å². The second-order valence-corrected chi connectivity index (χ2v) is 4.43. The summed E-state index contributed by atoms with van der Waals surface area (Å²) in [5.74, 6) is 0. The smallest absolute Gasteiger partial charge is 0.281 e. The van der Waals surface area contributed by atoms with E-state index in [1.54, 1.807) is 42.7 Å². The zero-order valence-corrected chi connectivity index (χ0v) is 11.5. The lowest BCUT2D eigenvalue weighted by Gasteiger charge is -2.04. The number of hydrogen-bond donors (Lipinski definition) is 1. The van der Waals surface area contributed by atoms with Crippen molar-refractivity contribution < 1.29 is 0 Å². The number of fused-ring (bicyclic) bond motifs is 1. The largest absolute Gasteiger partial charge is 0.355 e. The Hall–Kier alpha value is -3.46. The fraction of sp³-hybridized carbons (Fsp3) is 0. The van der Waals surface area contributed by atoms with Gasteiger partial charge in [-0.3, -0.25) is 14.2 Å². The molecule has 0 radical (unpaired) electrons. The van der Waals surface area contributed by atoms with E-state index in [-0.39, 0.29) is 11.2 Å². The van der Waals surface area contributed by atoms with Crippen molar-refractivity contribution in [3.63, 3.8) is 0 Å². The van der Waals surface area contributed by atoms with Crippen LogP contribution in [0.3, 0.4) is 0 Å². The van der Waals surface area contributed by atoms with Gasteiger partial charge in [0.15, 0.2) is 0 Å². The van der Waals surface area contributed by atoms with Gasteiger partial charge in [-0.05, 0) is 24.3 Å². The summed E-state index contributed by atoms with van der Waals surface area (Å²) in [6, 6.07) is 12.6. The first kappa shape index (κ1) is 13.5. The average molecular weight is 289 g/mol. The lowest BCUT2D eigenvalue weighted by atomic mass is 10.2. The van der Waals surface area contributed by atoms with E-state index in [0.717, 1.165) is 0 Å². The van der Waals surface area contributed by atoms with E-state index in [0.29, 0.717) is 16.9 Å². The molecule has 0 aromatic carbocycles. The van der Waals surface area contributed by atoms with E-state index < -0.39 is 0 Å². The molecular weight excluding hydrogens is 278 g/mol. The third-order valence-electron chi connectivity index (χ3n) is 3.05. The lowest BCUT2D eigenvalue weighted by Crippen LogP contribution is -2.17. The summed E-state index contributed by atoms with van der Waals surface area (Å²) in [5, 5.41) is 12.0. The van der Waals surface area contributed by atoms with Crippen molar-refractivity contribution in [2.45, 2.75) is 0 Å². The lowest BCUT2D eigenvalue weighted by molar-refractivity contribution is 1.05. The number of rotatable bonds is 3. The molecule has 0 aliphatic carbocycles. The first-order valence-corrected chi connectivity index (χ1v) is 6.54. The van der Waals surface area contributed by atoms with Gasteiger partial charge in [-0.1, -0.05) is 12.1 Å². The maximum absolute atomic E-state index is 12.3. The number of allylic oxidation sites excluding steroid dienone is 1. The van der Waals surface area contributed by atoms with E-state index >= 15 is 0 Å². The van der Waals surface area contributed by atoms with Crippen LogP contribution in [-0.2, 0) is 0 Å². The molecule has 22 heavy (non-hydrogen) atoms. The number of nitrogens with one attached hydrogen (secondary N) is 1. The highest BCUT2D eigenvalue weighted by Gasteiger charge is 2.05. The Balaban J connectivity index is 1.97. The van der Waals surface area contributed by atoms with Crippen molar-refractivity contribution in [2.75, 3.05) is 5.32 Å². The van der Waals surface area contributed by atoms with Crippen LogP contribution in [0.15, 0.2) is 66.0 Å². The summed E-state index contributed by atoms with van der Waals surface area (Å²) >= 11 is 0. The van der Waals surface area contributed by atoms with E-state index in [9.17, 15) is 10.1 Å². The van der Waals surface area contributed by atoms with Gasteiger partial charge in [-0.25, -0.2) is 4.98 Å². The third-order valence-corrected chi connectivity index (χ3v) is 3.05. The van der Waals surface area contributed by atoms with Crippen LogP contribution in [0.2, 0.25) is 0 Å². The molecule has 0 atom stereocenters. The molecular formula is C16H11N5O. The highest BCUT2D eigenvalue weighted by molar-refractivity contribution is 5.76. The third kappa shape index (κ3) is 2.55. The molecule has 3 rings (SSSR count). The highest BCUT2D eigenvalue weighted by atomic mass is 16.1. The number of hydrogen-bond acceptors (Lipinski definition) is 5. The van der Waals surface area contributed by atoms with Crippen molar-refractivity contribution in [2.24, 2.45) is 0 Å². The zero-order valence-electron chi connectivity index (χ0n) is 11.5. The molecule has 106 valence electrons. The SMILES string of the molecule is N#C/C(=C\Nc1cnc2ccccn2c1=O)c1ccccn1. The van der Waals surface area contributed by atoms with E-state index in [1.807, 2.05) is 6.07 Å². The number of anilines is 1. The predicted octanol–water partition coefficient (Wildman–Crippen LogP) is 2.07. The van der Waals surface area contributed by atoms with Crippen LogP contribution in [0.4, 0.5) is 5.69 Å². The topological polar surface area (TPSA) is 83.1 Å². The van der Waals surface area contributed by atoms with Crippen LogP contribution in [-0.4, -0.2) is 14.4 Å². The fourth-order valence-corrected chi connectivity index (χ4v) is 1.96. The molecule has 0 bridgehead atoms. The molecule has 0 fully saturated rings. The standard InChI is InChI=1S/C16H11N5O/c17-9-12(13-5-1-3-7-18-13)10-19-14-11-20-15-6-2-4-8-21(15)16(14)22/h1-8,10-11,19H/b12-10+. The molecule has 0 amide bonds. The molecule has 6 nitrogen and oxygen atoms in total. The summed E-state index contributed by atoms with van der Waals surface area (Å²) in [5.41, 5.74) is 1.48. The van der Waals surface area contributed by atoms with Gasteiger partial charge in [0.2, 0.25) is 0 Å². The van der Waals surface area contributed by atoms with E-state index in [2.05, 4.69) is 21.4 Å². The normalized spacial score (nSPS) is 11.1. The number of nitriles is 1. The minimum Gasteiger partial charge on any atom is -0.355 e. The van der Waals surface area contributed by atoms with Crippen LogP contribution < -0.4 is 10.9 Å². The maximum atomic E-state index is 12.3. The molecule has 6 heteroatoms. The molecule has 0 aliphatic rings. The van der Waals surface area contributed by atoms with Crippen molar-refractivity contribution in [1.82, 2.24) is 14.4 Å². The Kier molecular flexibility index (Phi) is 3.62. The molecule has 3 heterocycles. The minimum absolute atomic E-state index is 0.236. The monoisotopic (exact) mass is 289 g/mol. The number of nitrogens with zero attached hydrogens (tertiary/aromatic N) is 4. The molecule has 3 aromatic heterocycles. The number of aromatic nitrogens is 3. The highest BCUT2D eigenvalue weighted by Crippen LogP contribution is 2.10. The molecule has 0 saturated carbocycles. The average Bonchev–Trinajstić information content (AvgIpc) is 2.58. The summed E-state index contributed by atoms with van der Waals surface area (Å²) in [4.78, 5) is 20.6. The first-order chi connectivity index (χ1) is 10.8. The first-order valence-electron chi connectivity index (χ1n) is 6.54. The molecule has 0 unspecified atom stereocenters. The summed E-state index contributed by atoms with van der Waals surface area (Å²) < 4.78 is 1.43. The van der Waals surface area contributed by atoms with Crippen LogP contribution in [0.1, 0.15) is 5.69 Å². The van der Waals surface area contributed by atoms with Crippen LogP contribution in [0.25, 0.3) is 11.2 Å². The Morgan fingerprint density at radius 3 is 2.86 bits per heavy atom. The molecule has 1 N–H and O–H groups in total. The zero-order chi connectivity index (χ0) is 15.4. The quantitative estimate of drug-likeness (QED) is 0.746. The predicted molar refractivity (Wildman–Crippen MR) is 82.9 cm³/mol. The summed E-state index contributed by atoms with van der Waals surface area (Å²) in [6.07, 6.45) is 6.15. The second-order valence-electron chi connectivity index (χ2n) is 4.43. The van der Waals surface area contributed by atoms with Gasteiger partial charge in [0.25, 0.3) is 5.56 Å². The van der Waals surface area contributed by atoms with E-state index in [1.165, 1.54) is 16.8 Å². The van der Waals surface area contributed by atoms with Gasteiger partial charge < -0.3 is 5.32 Å². The summed E-state index contributed by atoms with van der Waals surface area (Å²) in [6.45, 7) is 0. The number of pyridine rings is 2. The molecule has 0 spiro atoms. The van der Waals surface area contributed by atoms with Crippen molar-refractivity contribution in [3.8, 4) is 6.07 Å². The van der Waals surface area contributed by atoms with Crippen molar-refractivity contribution in [3.05, 3.63) is 77.2 Å². The molecule has 3 aromatic rings. The van der Waals surface area contributed by atoms with Gasteiger partial charge in [0.05, 0.1) is 17.5 Å². The maximum Gasteiger partial charge on any atom is 0.281 e. The molecule has 0 aliphatic heterocycles. The van der Waals surface area contributed by atoms with Crippen LogP contribution in [0.5, 0.6) is 0 Å².